The third-order valence-electron chi connectivity index (χ3n) is 2.68. The molecule has 0 heterocycles. The van der Waals surface area contributed by atoms with Crippen molar-refractivity contribution in [3.63, 3.8) is 0 Å². The fourth-order valence-electron chi connectivity index (χ4n) is 1.46. The maximum absolute atomic E-state index is 10.8. The van der Waals surface area contributed by atoms with Gasteiger partial charge in [-0.15, -0.1) is 6.58 Å². The van der Waals surface area contributed by atoms with E-state index in [0.717, 1.165) is 5.56 Å². The van der Waals surface area contributed by atoms with Gasteiger partial charge >= 0.3 is 0 Å². The molecule has 0 radical (unpaired) electrons. The summed E-state index contributed by atoms with van der Waals surface area (Å²) in [6.07, 6.45) is 2.40. The number of phenolic OH excluding ortho intramolecular Hbond substituents is 1. The molecule has 0 aliphatic rings. The zero-order valence-corrected chi connectivity index (χ0v) is 9.78. The summed E-state index contributed by atoms with van der Waals surface area (Å²) in [5.41, 5.74) is 0.757. The van der Waals surface area contributed by atoms with Gasteiger partial charge in [-0.3, -0.25) is 4.79 Å². The van der Waals surface area contributed by atoms with Gasteiger partial charge in [-0.1, -0.05) is 19.9 Å². The Balaban J connectivity index is 3.47. The van der Waals surface area contributed by atoms with Crippen LogP contribution in [0.25, 0.3) is 0 Å². The molecule has 0 aromatic heterocycles. The maximum atomic E-state index is 10.8. The summed E-state index contributed by atoms with van der Waals surface area (Å²) in [7, 11) is 1.53. The van der Waals surface area contributed by atoms with E-state index in [1.54, 1.807) is 12.1 Å². The second-order valence-corrected chi connectivity index (χ2v) is 4.15. The molecule has 0 atom stereocenters. The van der Waals surface area contributed by atoms with Gasteiger partial charge in [0.1, 0.15) is 11.5 Å². The number of rotatable bonds is 4. The van der Waals surface area contributed by atoms with E-state index in [0.29, 0.717) is 12.0 Å². The minimum absolute atomic E-state index is 0.0736. The molecule has 1 rings (SSSR count). The molecule has 0 spiro atoms. The Morgan fingerprint density at radius 3 is 2.50 bits per heavy atom. The predicted octanol–water partition coefficient (Wildman–Crippen LogP) is 2.68. The number of phenols is 1. The highest BCUT2D eigenvalue weighted by Crippen LogP contribution is 2.36. The third-order valence-corrected chi connectivity index (χ3v) is 2.68. The molecule has 0 aliphatic carbocycles. The van der Waals surface area contributed by atoms with Crippen molar-refractivity contribution in [1.82, 2.24) is 0 Å². The molecule has 0 saturated heterocycles. The topological polar surface area (TPSA) is 46.5 Å². The van der Waals surface area contributed by atoms with Gasteiger partial charge in [0.05, 0.1) is 12.7 Å². The van der Waals surface area contributed by atoms with Crippen LogP contribution in [-0.2, 0) is 5.41 Å². The van der Waals surface area contributed by atoms with Gasteiger partial charge < -0.3 is 9.84 Å². The fourth-order valence-corrected chi connectivity index (χ4v) is 1.46. The normalized spacial score (nSPS) is 10.9. The first-order chi connectivity index (χ1) is 7.46. The van der Waals surface area contributed by atoms with Crippen molar-refractivity contribution in [2.75, 3.05) is 7.11 Å². The first-order valence-electron chi connectivity index (χ1n) is 4.96. The predicted molar refractivity (Wildman–Crippen MR) is 63.3 cm³/mol. The summed E-state index contributed by atoms with van der Waals surface area (Å²) in [4.78, 5) is 10.8. The van der Waals surface area contributed by atoms with Crippen LogP contribution in [0.3, 0.4) is 0 Å². The summed E-state index contributed by atoms with van der Waals surface area (Å²) in [5.74, 6) is 0.475. The van der Waals surface area contributed by atoms with Crippen LogP contribution in [0.4, 0.5) is 0 Å². The summed E-state index contributed by atoms with van der Waals surface area (Å²) in [5, 5.41) is 9.55. The van der Waals surface area contributed by atoms with E-state index in [1.807, 2.05) is 13.8 Å². The van der Waals surface area contributed by atoms with E-state index in [1.165, 1.54) is 13.2 Å². The SMILES string of the molecule is C=CC(C)(C)c1cc(C=O)c(O)cc1OC. The molecule has 0 bridgehead atoms. The average Bonchev–Trinajstić information content (AvgIpc) is 2.28. The van der Waals surface area contributed by atoms with Gasteiger partial charge in [0.25, 0.3) is 0 Å². The largest absolute Gasteiger partial charge is 0.507 e. The van der Waals surface area contributed by atoms with Crippen LogP contribution in [0.1, 0.15) is 29.8 Å². The van der Waals surface area contributed by atoms with Crippen LogP contribution in [-0.4, -0.2) is 18.5 Å². The van der Waals surface area contributed by atoms with Crippen molar-refractivity contribution >= 4 is 6.29 Å². The molecule has 3 nitrogen and oxygen atoms in total. The van der Waals surface area contributed by atoms with E-state index in [9.17, 15) is 9.90 Å². The number of methoxy groups -OCH3 is 1. The lowest BCUT2D eigenvalue weighted by Crippen LogP contribution is -2.15. The van der Waals surface area contributed by atoms with Crippen molar-refractivity contribution in [3.05, 3.63) is 35.9 Å². The number of carbonyl (C=O) groups excluding carboxylic acids is 1. The minimum Gasteiger partial charge on any atom is -0.507 e. The molecule has 1 aromatic carbocycles. The van der Waals surface area contributed by atoms with E-state index in [4.69, 9.17) is 4.74 Å². The Morgan fingerprint density at radius 1 is 1.44 bits per heavy atom. The highest BCUT2D eigenvalue weighted by Gasteiger charge is 2.22. The van der Waals surface area contributed by atoms with Crippen molar-refractivity contribution in [1.29, 1.82) is 0 Å². The van der Waals surface area contributed by atoms with Crippen LogP contribution in [0.2, 0.25) is 0 Å². The molecule has 86 valence electrons. The molecule has 0 saturated carbocycles. The number of carbonyl (C=O) groups is 1. The monoisotopic (exact) mass is 220 g/mol. The third kappa shape index (κ3) is 2.08. The second kappa shape index (κ2) is 4.39. The number of hydrogen-bond donors (Lipinski definition) is 1. The summed E-state index contributed by atoms with van der Waals surface area (Å²) < 4.78 is 5.19. The zero-order chi connectivity index (χ0) is 12.3. The second-order valence-electron chi connectivity index (χ2n) is 4.15. The highest BCUT2D eigenvalue weighted by atomic mass is 16.5. The molecule has 0 unspecified atom stereocenters. The van der Waals surface area contributed by atoms with Crippen LogP contribution in [0, 0.1) is 0 Å². The Kier molecular flexibility index (Phi) is 3.38. The lowest BCUT2D eigenvalue weighted by atomic mass is 9.83. The lowest BCUT2D eigenvalue weighted by Gasteiger charge is -2.23. The van der Waals surface area contributed by atoms with E-state index < -0.39 is 0 Å². The van der Waals surface area contributed by atoms with Crippen LogP contribution in [0.5, 0.6) is 11.5 Å². The van der Waals surface area contributed by atoms with Crippen LogP contribution < -0.4 is 4.74 Å². The van der Waals surface area contributed by atoms with Crippen LogP contribution in [0.15, 0.2) is 24.8 Å². The van der Waals surface area contributed by atoms with Gasteiger partial charge in [-0.05, 0) is 6.07 Å². The summed E-state index contributed by atoms with van der Waals surface area (Å²) in [6.45, 7) is 7.68. The summed E-state index contributed by atoms with van der Waals surface area (Å²) >= 11 is 0. The quantitative estimate of drug-likeness (QED) is 0.626. The van der Waals surface area contributed by atoms with Gasteiger partial charge in [-0.25, -0.2) is 0 Å². The number of hydrogen-bond acceptors (Lipinski definition) is 3. The number of ether oxygens (including phenoxy) is 1. The highest BCUT2D eigenvalue weighted by molar-refractivity contribution is 5.80. The number of allylic oxidation sites excluding steroid dienone is 1. The molecular formula is C13H16O3. The average molecular weight is 220 g/mol. The smallest absolute Gasteiger partial charge is 0.153 e. The maximum Gasteiger partial charge on any atom is 0.153 e. The summed E-state index contributed by atoms with van der Waals surface area (Å²) in [6, 6.07) is 3.08. The van der Waals surface area contributed by atoms with E-state index >= 15 is 0 Å². The van der Waals surface area contributed by atoms with E-state index in [-0.39, 0.29) is 16.7 Å². The van der Waals surface area contributed by atoms with Gasteiger partial charge in [0.15, 0.2) is 6.29 Å². The molecule has 0 fully saturated rings. The van der Waals surface area contributed by atoms with Crippen molar-refractivity contribution in [2.24, 2.45) is 0 Å². The molecule has 3 heteroatoms. The molecule has 0 amide bonds. The Bertz CT molecular complexity index is 419. The lowest BCUT2D eigenvalue weighted by molar-refractivity contribution is 0.112. The van der Waals surface area contributed by atoms with E-state index in [2.05, 4.69) is 6.58 Å². The van der Waals surface area contributed by atoms with Crippen LogP contribution >= 0.6 is 0 Å². The molecule has 1 aromatic rings. The van der Waals surface area contributed by atoms with Gasteiger partial charge in [0.2, 0.25) is 0 Å². The fraction of sp³-hybridized carbons (Fsp3) is 0.308. The Morgan fingerprint density at radius 2 is 2.06 bits per heavy atom. The zero-order valence-electron chi connectivity index (χ0n) is 9.78. The standard InChI is InChI=1S/C13H16O3/c1-5-13(2,3)10-6-9(8-14)11(15)7-12(10)16-4/h5-8,15H,1H2,2-4H3. The van der Waals surface area contributed by atoms with Crippen molar-refractivity contribution in [3.8, 4) is 11.5 Å². The molecule has 0 aliphatic heterocycles. The minimum atomic E-state index is -0.323. The Hall–Kier alpha value is -1.77. The van der Waals surface area contributed by atoms with Gasteiger partial charge in [0, 0.05) is 17.0 Å². The number of aldehydes is 1. The number of aromatic hydroxyl groups is 1. The molecule has 16 heavy (non-hydrogen) atoms. The van der Waals surface area contributed by atoms with Gasteiger partial charge in [-0.2, -0.15) is 0 Å². The Labute approximate surface area is 95.4 Å². The first-order valence-corrected chi connectivity index (χ1v) is 4.96. The number of benzene rings is 1. The first kappa shape index (κ1) is 12.3. The van der Waals surface area contributed by atoms with Crippen molar-refractivity contribution < 1.29 is 14.6 Å². The van der Waals surface area contributed by atoms with Crippen molar-refractivity contribution in [2.45, 2.75) is 19.3 Å². The molecular weight excluding hydrogens is 204 g/mol. The molecule has 1 N–H and O–H groups in total.